The highest BCUT2D eigenvalue weighted by atomic mass is 16.4. The summed E-state index contributed by atoms with van der Waals surface area (Å²) < 4.78 is 0. The van der Waals surface area contributed by atoms with Crippen molar-refractivity contribution in [1.29, 1.82) is 0 Å². The van der Waals surface area contributed by atoms with Gasteiger partial charge in [0.25, 0.3) is 0 Å². The number of carboxylic acids is 1. The van der Waals surface area contributed by atoms with Crippen LogP contribution in [-0.2, 0) is 14.4 Å². The van der Waals surface area contributed by atoms with Crippen molar-refractivity contribution in [1.82, 2.24) is 10.2 Å². The summed E-state index contributed by atoms with van der Waals surface area (Å²) in [5.41, 5.74) is 0. The summed E-state index contributed by atoms with van der Waals surface area (Å²) in [5, 5.41) is 12.5. The maximum Gasteiger partial charge on any atom is 0.326 e. The van der Waals surface area contributed by atoms with Gasteiger partial charge in [-0.2, -0.15) is 0 Å². The molecular formula is C18H28N2O4. The van der Waals surface area contributed by atoms with E-state index in [1.165, 1.54) is 0 Å². The fourth-order valence-electron chi connectivity index (χ4n) is 4.86. The van der Waals surface area contributed by atoms with Crippen LogP contribution in [0.5, 0.6) is 0 Å². The van der Waals surface area contributed by atoms with Gasteiger partial charge in [-0.3, -0.25) is 9.59 Å². The number of fused-ring (bicyclic) bond motifs is 1. The average molecular weight is 336 g/mol. The van der Waals surface area contributed by atoms with Gasteiger partial charge in [-0.05, 0) is 44.4 Å². The molecule has 134 valence electrons. The zero-order valence-electron chi connectivity index (χ0n) is 14.4. The molecular weight excluding hydrogens is 308 g/mol. The Kier molecular flexibility index (Phi) is 5.11. The topological polar surface area (TPSA) is 86.7 Å². The van der Waals surface area contributed by atoms with Crippen molar-refractivity contribution >= 4 is 17.8 Å². The predicted molar refractivity (Wildman–Crippen MR) is 88.1 cm³/mol. The largest absolute Gasteiger partial charge is 0.480 e. The molecule has 3 fully saturated rings. The lowest BCUT2D eigenvalue weighted by atomic mass is 9.94. The number of hydrogen-bond acceptors (Lipinski definition) is 3. The lowest BCUT2D eigenvalue weighted by molar-refractivity contribution is -0.150. The number of likely N-dealkylation sites (tertiary alicyclic amines) is 1. The van der Waals surface area contributed by atoms with Crippen LogP contribution in [0.4, 0.5) is 0 Å². The van der Waals surface area contributed by atoms with Crippen molar-refractivity contribution in [2.45, 2.75) is 70.4 Å². The highest BCUT2D eigenvalue weighted by Crippen LogP contribution is 2.42. The number of carbonyl (C=O) groups is 3. The van der Waals surface area contributed by atoms with Crippen molar-refractivity contribution in [3.63, 3.8) is 0 Å². The van der Waals surface area contributed by atoms with Gasteiger partial charge < -0.3 is 15.3 Å². The van der Waals surface area contributed by atoms with Crippen LogP contribution in [0.15, 0.2) is 0 Å². The molecule has 0 aromatic carbocycles. The summed E-state index contributed by atoms with van der Waals surface area (Å²) in [6.45, 7) is 2.39. The second-order valence-corrected chi connectivity index (χ2v) is 7.78. The first-order chi connectivity index (χ1) is 11.5. The van der Waals surface area contributed by atoms with Gasteiger partial charge in [0.05, 0.1) is 0 Å². The standard InChI is InChI=1S/C18H28N2O4/c1-11(19-17(22)12-5-2-3-6-12)9-15(21)20-10-13-7-4-8-14(13)16(20)18(23)24/h11-14,16H,2-10H2,1H3,(H,19,22)(H,23,24). The summed E-state index contributed by atoms with van der Waals surface area (Å²) in [6.07, 6.45) is 7.24. The fraction of sp³-hybridized carbons (Fsp3) is 0.833. The highest BCUT2D eigenvalue weighted by Gasteiger charge is 2.49. The van der Waals surface area contributed by atoms with Gasteiger partial charge in [-0.25, -0.2) is 4.79 Å². The molecule has 2 aliphatic carbocycles. The minimum Gasteiger partial charge on any atom is -0.480 e. The quantitative estimate of drug-likeness (QED) is 0.801. The van der Waals surface area contributed by atoms with Crippen LogP contribution in [0.25, 0.3) is 0 Å². The van der Waals surface area contributed by atoms with Gasteiger partial charge in [-0.1, -0.05) is 19.3 Å². The van der Waals surface area contributed by atoms with Crippen molar-refractivity contribution in [2.75, 3.05) is 6.54 Å². The predicted octanol–water partition coefficient (Wildman–Crippen LogP) is 1.78. The van der Waals surface area contributed by atoms with E-state index < -0.39 is 12.0 Å². The molecule has 1 aliphatic heterocycles. The first-order valence-electron chi connectivity index (χ1n) is 9.30. The molecule has 2 amide bonds. The highest BCUT2D eigenvalue weighted by molar-refractivity contribution is 5.86. The molecule has 0 bridgehead atoms. The molecule has 1 heterocycles. The maximum absolute atomic E-state index is 12.6. The second kappa shape index (κ2) is 7.11. The van der Waals surface area contributed by atoms with Crippen LogP contribution in [-0.4, -0.2) is 46.4 Å². The van der Waals surface area contributed by atoms with E-state index in [-0.39, 0.29) is 36.1 Å². The van der Waals surface area contributed by atoms with E-state index in [0.717, 1.165) is 44.9 Å². The first kappa shape index (κ1) is 17.2. The Morgan fingerprint density at radius 1 is 1.12 bits per heavy atom. The molecule has 2 N–H and O–H groups in total. The monoisotopic (exact) mass is 336 g/mol. The Hall–Kier alpha value is -1.59. The van der Waals surface area contributed by atoms with Crippen molar-refractivity contribution < 1.29 is 19.5 Å². The SMILES string of the molecule is CC(CC(=O)N1CC2CCCC2C1C(=O)O)NC(=O)C1CCCC1. The number of hydrogen-bond donors (Lipinski definition) is 2. The summed E-state index contributed by atoms with van der Waals surface area (Å²) in [6, 6.07) is -0.928. The third-order valence-corrected chi connectivity index (χ3v) is 6.06. The van der Waals surface area contributed by atoms with Crippen LogP contribution in [0.1, 0.15) is 58.3 Å². The Labute approximate surface area is 143 Å². The minimum atomic E-state index is -0.889. The van der Waals surface area contributed by atoms with Gasteiger partial charge in [0.15, 0.2) is 0 Å². The van der Waals surface area contributed by atoms with Crippen LogP contribution < -0.4 is 5.32 Å². The summed E-state index contributed by atoms with van der Waals surface area (Å²) in [5.74, 6) is -0.467. The molecule has 3 rings (SSSR count). The number of nitrogens with one attached hydrogen (secondary N) is 1. The zero-order valence-corrected chi connectivity index (χ0v) is 14.4. The Morgan fingerprint density at radius 3 is 2.50 bits per heavy atom. The van der Waals surface area contributed by atoms with Gasteiger partial charge in [-0.15, -0.1) is 0 Å². The fourth-order valence-corrected chi connectivity index (χ4v) is 4.86. The van der Waals surface area contributed by atoms with E-state index in [1.807, 2.05) is 6.92 Å². The zero-order chi connectivity index (χ0) is 17.3. The molecule has 4 unspecified atom stereocenters. The molecule has 0 aromatic rings. The molecule has 6 heteroatoms. The number of amides is 2. The van der Waals surface area contributed by atoms with E-state index in [2.05, 4.69) is 5.32 Å². The number of carboxylic acid groups (broad SMARTS) is 1. The third-order valence-electron chi connectivity index (χ3n) is 6.06. The van der Waals surface area contributed by atoms with Gasteiger partial charge >= 0.3 is 5.97 Å². The second-order valence-electron chi connectivity index (χ2n) is 7.78. The Balaban J connectivity index is 1.55. The molecule has 0 spiro atoms. The van der Waals surface area contributed by atoms with E-state index in [9.17, 15) is 19.5 Å². The summed E-state index contributed by atoms with van der Waals surface area (Å²) >= 11 is 0. The van der Waals surface area contributed by atoms with Crippen LogP contribution in [0, 0.1) is 17.8 Å². The summed E-state index contributed by atoms with van der Waals surface area (Å²) in [7, 11) is 0. The van der Waals surface area contributed by atoms with E-state index in [4.69, 9.17) is 0 Å². The first-order valence-corrected chi connectivity index (χ1v) is 9.30. The normalized spacial score (nSPS) is 31.0. The molecule has 1 saturated heterocycles. The summed E-state index contributed by atoms with van der Waals surface area (Å²) in [4.78, 5) is 38.0. The Morgan fingerprint density at radius 2 is 1.83 bits per heavy atom. The third kappa shape index (κ3) is 3.42. The molecule has 0 radical (unpaired) electrons. The number of rotatable bonds is 5. The molecule has 0 aromatic heterocycles. The molecule has 24 heavy (non-hydrogen) atoms. The van der Waals surface area contributed by atoms with Crippen molar-refractivity contribution in [2.24, 2.45) is 17.8 Å². The lowest BCUT2D eigenvalue weighted by Gasteiger charge is -2.26. The maximum atomic E-state index is 12.6. The van der Waals surface area contributed by atoms with Crippen LogP contribution in [0.2, 0.25) is 0 Å². The molecule has 2 saturated carbocycles. The van der Waals surface area contributed by atoms with Crippen LogP contribution in [0.3, 0.4) is 0 Å². The average Bonchev–Trinajstić information content (AvgIpc) is 3.22. The van der Waals surface area contributed by atoms with Crippen LogP contribution >= 0.6 is 0 Å². The van der Waals surface area contributed by atoms with Gasteiger partial charge in [0, 0.05) is 24.9 Å². The van der Waals surface area contributed by atoms with E-state index in [1.54, 1.807) is 4.90 Å². The number of nitrogens with zero attached hydrogens (tertiary/aromatic N) is 1. The van der Waals surface area contributed by atoms with Gasteiger partial charge in [0.2, 0.25) is 11.8 Å². The molecule has 3 aliphatic rings. The van der Waals surface area contributed by atoms with Crippen molar-refractivity contribution in [3.8, 4) is 0 Å². The van der Waals surface area contributed by atoms with Gasteiger partial charge in [0.1, 0.15) is 6.04 Å². The Bertz CT molecular complexity index is 515. The smallest absolute Gasteiger partial charge is 0.326 e. The molecule has 6 nitrogen and oxygen atoms in total. The number of carbonyl (C=O) groups excluding carboxylic acids is 2. The minimum absolute atomic E-state index is 0.0425. The number of aliphatic carboxylic acids is 1. The molecule has 4 atom stereocenters. The van der Waals surface area contributed by atoms with Crippen molar-refractivity contribution in [3.05, 3.63) is 0 Å². The van der Waals surface area contributed by atoms with E-state index >= 15 is 0 Å². The van der Waals surface area contributed by atoms with E-state index in [0.29, 0.717) is 12.5 Å². The lowest BCUT2D eigenvalue weighted by Crippen LogP contribution is -2.46.